The molecular weight excluding hydrogens is 666 g/mol. The van der Waals surface area contributed by atoms with Crippen molar-refractivity contribution in [3.05, 3.63) is 72.6 Å². The lowest BCUT2D eigenvalue weighted by molar-refractivity contribution is -0.137. The maximum Gasteiger partial charge on any atom is 0.305 e. The van der Waals surface area contributed by atoms with E-state index in [1.165, 1.54) is 16.2 Å². The van der Waals surface area contributed by atoms with E-state index >= 15 is 0 Å². The van der Waals surface area contributed by atoms with Gasteiger partial charge in [0.05, 0.1) is 35.8 Å². The Kier molecular flexibility index (Phi) is 7.04. The molecule has 3 amide bonds. The average Bonchev–Trinajstić information content (AvgIpc) is 3.76. The summed E-state index contributed by atoms with van der Waals surface area (Å²) in [5, 5.41) is 0.887. The van der Waals surface area contributed by atoms with E-state index in [0.717, 1.165) is 31.9 Å². The normalized spacial score (nSPS) is 30.4. The van der Waals surface area contributed by atoms with Crippen molar-refractivity contribution in [2.24, 2.45) is 29.6 Å². The molecule has 2 bridgehead atoms. The number of carbonyl (C=O) groups is 3. The number of anilines is 1. The van der Waals surface area contributed by atoms with Crippen LogP contribution in [0.3, 0.4) is 0 Å². The van der Waals surface area contributed by atoms with Gasteiger partial charge < -0.3 is 19.4 Å². The Labute approximate surface area is 270 Å². The smallest absolute Gasteiger partial charge is 0.305 e. The Balaban J connectivity index is 1.16. The third-order valence-electron chi connectivity index (χ3n) is 10.0. The Morgan fingerprint density at radius 3 is 2.52 bits per heavy atom. The molecule has 6 unspecified atom stereocenters. The SMILES string of the molecule is Cc1ccc(N2C(=O)C3C4CC(C3C2=O)C2C4Sc3[nH]c(=O)sc3[C@@H]2c2cc(Br)ccc2OCC(=O)N2CCOCC2)cc1. The van der Waals surface area contributed by atoms with Gasteiger partial charge >= 0.3 is 4.87 Å². The van der Waals surface area contributed by atoms with Gasteiger partial charge in [0.25, 0.3) is 5.91 Å². The van der Waals surface area contributed by atoms with Crippen LogP contribution < -0.4 is 14.5 Å². The summed E-state index contributed by atoms with van der Waals surface area (Å²) in [6.45, 7) is 3.99. The first-order valence-electron chi connectivity index (χ1n) is 14.9. The van der Waals surface area contributed by atoms with Gasteiger partial charge in [0, 0.05) is 39.2 Å². The van der Waals surface area contributed by atoms with E-state index in [1.54, 1.807) is 16.7 Å². The number of carbonyl (C=O) groups excluding carboxylic acids is 3. The highest BCUT2D eigenvalue weighted by Crippen LogP contribution is 2.69. The molecule has 1 aromatic heterocycles. The van der Waals surface area contributed by atoms with E-state index in [0.29, 0.717) is 37.7 Å². The first-order valence-corrected chi connectivity index (χ1v) is 17.4. The molecular formula is C32H30BrN3O6S2. The first-order chi connectivity index (χ1) is 21.3. The van der Waals surface area contributed by atoms with Crippen LogP contribution in [0.25, 0.3) is 0 Å². The number of thiazole rings is 1. The van der Waals surface area contributed by atoms with Crippen molar-refractivity contribution in [3.63, 3.8) is 0 Å². The van der Waals surface area contributed by atoms with Crippen LogP contribution in [0, 0.1) is 36.5 Å². The molecule has 2 saturated carbocycles. The molecule has 0 spiro atoms. The van der Waals surface area contributed by atoms with Crippen molar-refractivity contribution in [1.29, 1.82) is 0 Å². The van der Waals surface area contributed by atoms with E-state index < -0.39 is 5.92 Å². The number of amides is 3. The topological polar surface area (TPSA) is 109 Å². The molecule has 2 saturated heterocycles. The number of nitrogens with zero attached hydrogens (tertiary/aromatic N) is 2. The second-order valence-corrected chi connectivity index (χ2v) is 15.4. The molecule has 228 valence electrons. The molecule has 4 heterocycles. The van der Waals surface area contributed by atoms with Gasteiger partial charge in [-0.2, -0.15) is 0 Å². The number of rotatable bonds is 5. The number of aromatic nitrogens is 1. The zero-order chi connectivity index (χ0) is 30.3. The average molecular weight is 697 g/mol. The number of hydrogen-bond donors (Lipinski definition) is 1. The highest BCUT2D eigenvalue weighted by Gasteiger charge is 2.69. The number of aryl methyl sites for hydroxylation is 1. The van der Waals surface area contributed by atoms with Crippen molar-refractivity contribution in [1.82, 2.24) is 9.88 Å². The minimum Gasteiger partial charge on any atom is -0.483 e. The number of thioether (sulfide) groups is 1. The van der Waals surface area contributed by atoms with Crippen LogP contribution in [0.5, 0.6) is 5.75 Å². The fourth-order valence-corrected chi connectivity index (χ4v) is 11.5. The summed E-state index contributed by atoms with van der Waals surface area (Å²) in [4.78, 5) is 60.7. The molecule has 8 rings (SSSR count). The summed E-state index contributed by atoms with van der Waals surface area (Å²) < 4.78 is 12.5. The van der Waals surface area contributed by atoms with E-state index in [4.69, 9.17) is 9.47 Å². The number of morpholine rings is 1. The number of benzene rings is 2. The molecule has 2 aromatic carbocycles. The maximum atomic E-state index is 14.1. The third kappa shape index (κ3) is 4.43. The van der Waals surface area contributed by atoms with Gasteiger partial charge in [-0.1, -0.05) is 45.0 Å². The minimum absolute atomic E-state index is 0.0189. The fourth-order valence-electron chi connectivity index (χ4n) is 8.25. The molecule has 2 aliphatic carbocycles. The molecule has 9 nitrogen and oxygen atoms in total. The molecule has 0 radical (unpaired) electrons. The fraction of sp³-hybridized carbons (Fsp3) is 0.438. The lowest BCUT2D eigenvalue weighted by atomic mass is 9.68. The number of imide groups is 1. The Morgan fingerprint density at radius 2 is 1.77 bits per heavy atom. The third-order valence-corrected chi connectivity index (χ3v) is 13.1. The molecule has 3 aliphatic heterocycles. The summed E-state index contributed by atoms with van der Waals surface area (Å²) >= 11 is 6.50. The van der Waals surface area contributed by atoms with Crippen molar-refractivity contribution >= 4 is 62.4 Å². The lowest BCUT2D eigenvalue weighted by Crippen LogP contribution is -2.43. The number of H-pyrrole nitrogens is 1. The van der Waals surface area contributed by atoms with Crippen molar-refractivity contribution < 1.29 is 23.9 Å². The van der Waals surface area contributed by atoms with Crippen LogP contribution >= 0.6 is 39.0 Å². The number of halogens is 1. The highest BCUT2D eigenvalue weighted by molar-refractivity contribution is 9.10. The second-order valence-electron chi connectivity index (χ2n) is 12.3. The zero-order valence-corrected chi connectivity index (χ0v) is 27.1. The van der Waals surface area contributed by atoms with Crippen molar-refractivity contribution in [2.75, 3.05) is 37.8 Å². The van der Waals surface area contributed by atoms with Gasteiger partial charge in [-0.25, -0.2) is 0 Å². The van der Waals surface area contributed by atoms with Gasteiger partial charge in [-0.15, -0.1) is 11.8 Å². The van der Waals surface area contributed by atoms with E-state index in [9.17, 15) is 19.2 Å². The van der Waals surface area contributed by atoms with Crippen molar-refractivity contribution in [2.45, 2.75) is 29.5 Å². The number of fused-ring (bicyclic) bond motifs is 9. The Morgan fingerprint density at radius 1 is 1.05 bits per heavy atom. The van der Waals surface area contributed by atoms with Crippen LogP contribution in [-0.4, -0.2) is 65.8 Å². The molecule has 4 fully saturated rings. The summed E-state index contributed by atoms with van der Waals surface area (Å²) in [7, 11) is 0. The monoisotopic (exact) mass is 695 g/mol. The van der Waals surface area contributed by atoms with E-state index in [-0.39, 0.29) is 64.0 Å². The number of hydrogen-bond acceptors (Lipinski definition) is 8. The summed E-state index contributed by atoms with van der Waals surface area (Å²) in [5.41, 5.74) is 2.58. The largest absolute Gasteiger partial charge is 0.483 e. The van der Waals surface area contributed by atoms with Crippen molar-refractivity contribution in [3.8, 4) is 5.75 Å². The van der Waals surface area contributed by atoms with Crippen LogP contribution in [0.15, 0.2) is 56.8 Å². The first kappa shape index (κ1) is 28.5. The second kappa shape index (κ2) is 10.9. The summed E-state index contributed by atoms with van der Waals surface area (Å²) in [5.74, 6) is -0.693. The Hall–Kier alpha value is -2.93. The Bertz CT molecular complexity index is 1730. The molecule has 3 aromatic rings. The van der Waals surface area contributed by atoms with Crippen LogP contribution in [-0.2, 0) is 19.1 Å². The van der Waals surface area contributed by atoms with Crippen LogP contribution in [0.4, 0.5) is 5.69 Å². The van der Waals surface area contributed by atoms with E-state index in [1.807, 2.05) is 49.4 Å². The molecule has 44 heavy (non-hydrogen) atoms. The minimum atomic E-state index is -0.394. The molecule has 7 atom stereocenters. The lowest BCUT2D eigenvalue weighted by Gasteiger charge is -2.43. The van der Waals surface area contributed by atoms with Crippen LogP contribution in [0.2, 0.25) is 0 Å². The highest BCUT2D eigenvalue weighted by atomic mass is 79.9. The predicted octanol–water partition coefficient (Wildman–Crippen LogP) is 4.42. The maximum absolute atomic E-state index is 14.1. The van der Waals surface area contributed by atoms with Crippen LogP contribution in [0.1, 0.15) is 28.3 Å². The standard InChI is InChI=1S/C32H30BrN3O6S2/c1-15-2-5-17(6-3-15)36-30(38)25-19-13-20(26(25)31(36)39)27-24(19)23(28-29(43-27)34-32(40)44-28)18-12-16(33)4-7-21(18)42-14-22(37)35-8-10-41-11-9-35/h2-7,12,19-20,23-27H,8-11,13-14H2,1H3,(H,34,40)/t19?,20?,23-,24?,25?,26?,27?/m1/s1. The number of nitrogens with one attached hydrogen (secondary N) is 1. The quantitative estimate of drug-likeness (QED) is 0.394. The predicted molar refractivity (Wildman–Crippen MR) is 169 cm³/mol. The van der Waals surface area contributed by atoms with Gasteiger partial charge in [0.15, 0.2) is 6.61 Å². The van der Waals surface area contributed by atoms with Gasteiger partial charge in [0.2, 0.25) is 11.8 Å². The molecule has 5 aliphatic rings. The zero-order valence-electron chi connectivity index (χ0n) is 23.9. The number of ether oxygens (including phenoxy) is 2. The summed E-state index contributed by atoms with van der Waals surface area (Å²) in [6, 6.07) is 13.3. The van der Waals surface area contributed by atoms with Gasteiger partial charge in [0.1, 0.15) is 5.75 Å². The van der Waals surface area contributed by atoms with Gasteiger partial charge in [-0.3, -0.25) is 24.1 Å². The van der Waals surface area contributed by atoms with E-state index in [2.05, 4.69) is 20.9 Å². The summed E-state index contributed by atoms with van der Waals surface area (Å²) in [6.07, 6.45) is 0.798. The molecule has 1 N–H and O–H groups in total. The number of aromatic amines is 1. The van der Waals surface area contributed by atoms with Gasteiger partial charge in [-0.05, 0) is 61.4 Å². The molecule has 12 heteroatoms.